The smallest absolute Gasteiger partial charge is 0.252 e. The van der Waals surface area contributed by atoms with Crippen molar-refractivity contribution in [1.82, 2.24) is 19.3 Å². The molecule has 3 heterocycles. The number of carbonyl (C=O) groups excluding carboxylic acids is 1. The van der Waals surface area contributed by atoms with E-state index in [1.165, 1.54) is 15.9 Å². The number of thiophene rings is 1. The van der Waals surface area contributed by atoms with Gasteiger partial charge in [0.25, 0.3) is 10.0 Å². The van der Waals surface area contributed by atoms with Crippen molar-refractivity contribution < 1.29 is 17.7 Å². The van der Waals surface area contributed by atoms with Crippen LogP contribution in [0.25, 0.3) is 11.4 Å². The molecular formula is C21H23ClN4O4S2. The lowest BCUT2D eigenvalue weighted by atomic mass is 10.1. The molecule has 0 atom stereocenters. The third kappa shape index (κ3) is 5.03. The molecule has 1 aliphatic heterocycles. The number of halogens is 1. The number of amides is 1. The van der Waals surface area contributed by atoms with Gasteiger partial charge in [0.1, 0.15) is 4.21 Å². The van der Waals surface area contributed by atoms with Crippen LogP contribution in [0.2, 0.25) is 4.34 Å². The molecule has 0 bridgehead atoms. The summed E-state index contributed by atoms with van der Waals surface area (Å²) in [5.41, 5.74) is 2.10. The topological polar surface area (TPSA) is 96.6 Å². The molecule has 1 amide bonds. The first kappa shape index (κ1) is 22.9. The minimum absolute atomic E-state index is 0.0618. The van der Waals surface area contributed by atoms with Gasteiger partial charge in [-0.2, -0.15) is 9.29 Å². The molecule has 170 valence electrons. The Balaban J connectivity index is 1.29. The standard InChI is InChI=1S/C21H23ClN4O4S2/c1-2-15-3-5-16(6-4-15)21-23-18(30-24-21)8-9-19(27)25-11-13-26(14-12-25)32(28,29)20-10-7-17(22)31-20/h3-7,10H,2,8-9,11-14H2,1H3. The van der Waals surface area contributed by atoms with Crippen LogP contribution in [-0.2, 0) is 27.7 Å². The number of hydrogen-bond acceptors (Lipinski definition) is 7. The van der Waals surface area contributed by atoms with Gasteiger partial charge in [-0.05, 0) is 24.1 Å². The summed E-state index contributed by atoms with van der Waals surface area (Å²) in [6.45, 7) is 3.28. The summed E-state index contributed by atoms with van der Waals surface area (Å²) in [5, 5.41) is 4.01. The van der Waals surface area contributed by atoms with Gasteiger partial charge in [-0.3, -0.25) is 4.79 Å². The largest absolute Gasteiger partial charge is 0.340 e. The fourth-order valence-corrected chi connectivity index (χ4v) is 6.54. The van der Waals surface area contributed by atoms with Gasteiger partial charge in [0.05, 0.1) is 4.34 Å². The quantitative estimate of drug-likeness (QED) is 0.499. The average Bonchev–Trinajstić information content (AvgIpc) is 3.47. The molecule has 0 N–H and O–H groups in total. The first-order chi connectivity index (χ1) is 15.4. The van der Waals surface area contributed by atoms with Gasteiger partial charge in [-0.15, -0.1) is 11.3 Å². The zero-order valence-electron chi connectivity index (χ0n) is 17.5. The number of hydrogen-bond donors (Lipinski definition) is 0. The van der Waals surface area contributed by atoms with Gasteiger partial charge in [0.2, 0.25) is 17.6 Å². The number of aromatic nitrogens is 2. The molecule has 0 spiro atoms. The van der Waals surface area contributed by atoms with Crippen molar-refractivity contribution in [1.29, 1.82) is 0 Å². The molecular weight excluding hydrogens is 472 g/mol. The maximum atomic E-state index is 12.7. The summed E-state index contributed by atoms with van der Waals surface area (Å²) >= 11 is 6.90. The van der Waals surface area contributed by atoms with Crippen LogP contribution in [0.4, 0.5) is 0 Å². The molecule has 8 nitrogen and oxygen atoms in total. The van der Waals surface area contributed by atoms with E-state index in [0.29, 0.717) is 35.6 Å². The van der Waals surface area contributed by atoms with Crippen LogP contribution >= 0.6 is 22.9 Å². The Hall–Kier alpha value is -2.27. The van der Waals surface area contributed by atoms with Crippen LogP contribution in [0.3, 0.4) is 0 Å². The number of nitrogens with zero attached hydrogens (tertiary/aromatic N) is 4. The average molecular weight is 495 g/mol. The molecule has 1 saturated heterocycles. The van der Waals surface area contributed by atoms with Crippen LogP contribution in [-0.4, -0.2) is 59.8 Å². The Morgan fingerprint density at radius 2 is 1.84 bits per heavy atom. The SMILES string of the molecule is CCc1ccc(-c2noc(CCC(=O)N3CCN(S(=O)(=O)c4ccc(Cl)s4)CC3)n2)cc1. The number of benzene rings is 1. The van der Waals surface area contributed by atoms with Crippen LogP contribution < -0.4 is 0 Å². The van der Waals surface area contributed by atoms with E-state index in [2.05, 4.69) is 17.1 Å². The number of piperazine rings is 1. The normalized spacial score (nSPS) is 15.2. The van der Waals surface area contributed by atoms with Gasteiger partial charge >= 0.3 is 0 Å². The van der Waals surface area contributed by atoms with Crippen LogP contribution in [0.1, 0.15) is 24.8 Å². The van der Waals surface area contributed by atoms with Crippen LogP contribution in [0.5, 0.6) is 0 Å². The van der Waals surface area contributed by atoms with Gasteiger partial charge in [0, 0.05) is 44.6 Å². The number of carbonyl (C=O) groups is 1. The van der Waals surface area contributed by atoms with Gasteiger partial charge in [0.15, 0.2) is 0 Å². The van der Waals surface area contributed by atoms with Crippen molar-refractivity contribution in [2.75, 3.05) is 26.2 Å². The predicted molar refractivity (Wildman–Crippen MR) is 122 cm³/mol. The van der Waals surface area contributed by atoms with Crippen molar-refractivity contribution in [3.05, 3.63) is 52.2 Å². The number of rotatable bonds is 7. The van der Waals surface area contributed by atoms with E-state index in [1.54, 1.807) is 11.0 Å². The van der Waals surface area contributed by atoms with Crippen molar-refractivity contribution in [2.24, 2.45) is 0 Å². The second-order valence-corrected chi connectivity index (χ2v) is 11.3. The Morgan fingerprint density at radius 1 is 1.12 bits per heavy atom. The van der Waals surface area contributed by atoms with Gasteiger partial charge in [-0.1, -0.05) is 47.9 Å². The van der Waals surface area contributed by atoms with Gasteiger partial charge in [-0.25, -0.2) is 8.42 Å². The zero-order valence-corrected chi connectivity index (χ0v) is 19.9. The summed E-state index contributed by atoms with van der Waals surface area (Å²) < 4.78 is 32.7. The van der Waals surface area contributed by atoms with Crippen LogP contribution in [0.15, 0.2) is 45.1 Å². The highest BCUT2D eigenvalue weighted by atomic mass is 35.5. The summed E-state index contributed by atoms with van der Waals surface area (Å²) in [6.07, 6.45) is 1.53. The van der Waals surface area contributed by atoms with E-state index >= 15 is 0 Å². The summed E-state index contributed by atoms with van der Waals surface area (Å²) in [4.78, 5) is 18.7. The fraction of sp³-hybridized carbons (Fsp3) is 0.381. The minimum atomic E-state index is -3.58. The monoisotopic (exact) mass is 494 g/mol. The Kier molecular flexibility index (Phi) is 6.94. The minimum Gasteiger partial charge on any atom is -0.340 e. The second kappa shape index (κ2) is 9.70. The Labute approximate surface area is 195 Å². The summed E-state index contributed by atoms with van der Waals surface area (Å²) in [5.74, 6) is 0.847. The summed E-state index contributed by atoms with van der Waals surface area (Å²) in [7, 11) is -3.58. The third-order valence-corrected chi connectivity index (χ3v) is 8.97. The van der Waals surface area contributed by atoms with Crippen molar-refractivity contribution in [3.8, 4) is 11.4 Å². The first-order valence-electron chi connectivity index (χ1n) is 10.3. The lowest BCUT2D eigenvalue weighted by Gasteiger charge is -2.33. The van der Waals surface area contributed by atoms with Crippen molar-refractivity contribution in [3.63, 3.8) is 0 Å². The van der Waals surface area contributed by atoms with E-state index in [-0.39, 0.29) is 29.6 Å². The molecule has 0 unspecified atom stereocenters. The molecule has 3 aromatic rings. The fourth-order valence-electron chi connectivity index (χ4n) is 3.48. The van der Waals surface area contributed by atoms with E-state index in [9.17, 15) is 13.2 Å². The van der Waals surface area contributed by atoms with E-state index in [0.717, 1.165) is 23.3 Å². The third-order valence-electron chi connectivity index (χ3n) is 5.38. The molecule has 1 aromatic carbocycles. The second-order valence-electron chi connectivity index (χ2n) is 7.41. The molecule has 2 aromatic heterocycles. The Morgan fingerprint density at radius 3 is 2.47 bits per heavy atom. The lowest BCUT2D eigenvalue weighted by Crippen LogP contribution is -2.50. The zero-order chi connectivity index (χ0) is 22.7. The Bertz CT molecular complexity index is 1180. The van der Waals surface area contributed by atoms with E-state index < -0.39 is 10.0 Å². The molecule has 1 fully saturated rings. The van der Waals surface area contributed by atoms with Crippen molar-refractivity contribution in [2.45, 2.75) is 30.4 Å². The molecule has 32 heavy (non-hydrogen) atoms. The van der Waals surface area contributed by atoms with E-state index in [1.807, 2.05) is 24.3 Å². The molecule has 4 rings (SSSR count). The molecule has 11 heteroatoms. The predicted octanol–water partition coefficient (Wildman–Crippen LogP) is 3.48. The molecule has 0 radical (unpaired) electrons. The van der Waals surface area contributed by atoms with Gasteiger partial charge < -0.3 is 9.42 Å². The molecule has 0 aliphatic carbocycles. The maximum Gasteiger partial charge on any atom is 0.252 e. The highest BCUT2D eigenvalue weighted by Crippen LogP contribution is 2.28. The maximum absolute atomic E-state index is 12.7. The molecule has 0 saturated carbocycles. The van der Waals surface area contributed by atoms with Crippen LogP contribution in [0, 0.1) is 0 Å². The van der Waals surface area contributed by atoms with E-state index in [4.69, 9.17) is 16.1 Å². The first-order valence-corrected chi connectivity index (χ1v) is 13.0. The number of sulfonamides is 1. The van der Waals surface area contributed by atoms with Crippen molar-refractivity contribution >= 4 is 38.9 Å². The lowest BCUT2D eigenvalue weighted by molar-refractivity contribution is -0.132. The highest BCUT2D eigenvalue weighted by molar-refractivity contribution is 7.91. The number of aryl methyl sites for hydroxylation is 2. The highest BCUT2D eigenvalue weighted by Gasteiger charge is 2.31. The molecule has 1 aliphatic rings. The summed E-state index contributed by atoms with van der Waals surface area (Å²) in [6, 6.07) is 11.1.